The third-order valence-electron chi connectivity index (χ3n) is 4.10. The molecule has 106 valence electrons. The van der Waals surface area contributed by atoms with Crippen molar-refractivity contribution in [3.8, 4) is 0 Å². The number of benzene rings is 1. The van der Waals surface area contributed by atoms with E-state index in [2.05, 4.69) is 50.5 Å². The summed E-state index contributed by atoms with van der Waals surface area (Å²) in [5, 5.41) is 4.81. The Morgan fingerprint density at radius 1 is 1.35 bits per heavy atom. The van der Waals surface area contributed by atoms with E-state index < -0.39 is 0 Å². The fourth-order valence-corrected chi connectivity index (χ4v) is 5.36. The monoisotopic (exact) mass is 304 g/mol. The zero-order valence-corrected chi connectivity index (χ0v) is 13.8. The van der Waals surface area contributed by atoms with Crippen molar-refractivity contribution in [2.24, 2.45) is 0 Å². The van der Waals surface area contributed by atoms with Crippen LogP contribution < -0.4 is 5.32 Å². The molecule has 1 aliphatic heterocycles. The van der Waals surface area contributed by atoms with Gasteiger partial charge in [0.15, 0.2) is 0 Å². The van der Waals surface area contributed by atoms with Crippen molar-refractivity contribution in [1.29, 1.82) is 0 Å². The van der Waals surface area contributed by atoms with E-state index in [-0.39, 0.29) is 5.54 Å². The fraction of sp³-hybridized carbons (Fsp3) is 0.438. The SMILES string of the molecule is CCc1nc(C2(NC)CCSc3ccccc32)sc1C. The fourth-order valence-electron chi connectivity index (χ4n) is 2.92. The Morgan fingerprint density at radius 3 is 2.85 bits per heavy atom. The Morgan fingerprint density at radius 2 is 2.15 bits per heavy atom. The summed E-state index contributed by atoms with van der Waals surface area (Å²) in [4.78, 5) is 7.68. The van der Waals surface area contributed by atoms with Crippen molar-refractivity contribution in [3.63, 3.8) is 0 Å². The van der Waals surface area contributed by atoms with Gasteiger partial charge in [-0.3, -0.25) is 0 Å². The Bertz CT molecular complexity index is 621. The number of rotatable bonds is 3. The van der Waals surface area contributed by atoms with Gasteiger partial charge in [0.1, 0.15) is 5.01 Å². The van der Waals surface area contributed by atoms with Crippen LogP contribution in [0.25, 0.3) is 0 Å². The van der Waals surface area contributed by atoms with E-state index in [4.69, 9.17) is 4.98 Å². The second-order valence-electron chi connectivity index (χ2n) is 5.13. The molecule has 2 heterocycles. The number of nitrogens with one attached hydrogen (secondary N) is 1. The van der Waals surface area contributed by atoms with E-state index in [9.17, 15) is 0 Å². The number of nitrogens with zero attached hydrogens (tertiary/aromatic N) is 1. The highest BCUT2D eigenvalue weighted by Crippen LogP contribution is 2.45. The zero-order valence-electron chi connectivity index (χ0n) is 12.2. The van der Waals surface area contributed by atoms with Gasteiger partial charge in [-0.1, -0.05) is 25.1 Å². The smallest absolute Gasteiger partial charge is 0.118 e. The highest BCUT2D eigenvalue weighted by Gasteiger charge is 2.40. The lowest BCUT2D eigenvalue weighted by Gasteiger charge is -2.37. The molecule has 1 N–H and O–H groups in total. The summed E-state index contributed by atoms with van der Waals surface area (Å²) < 4.78 is 0. The molecule has 1 unspecified atom stereocenters. The summed E-state index contributed by atoms with van der Waals surface area (Å²) >= 11 is 3.80. The second kappa shape index (κ2) is 5.51. The molecule has 3 rings (SSSR count). The van der Waals surface area contributed by atoms with Gasteiger partial charge in [-0.25, -0.2) is 4.98 Å². The van der Waals surface area contributed by atoms with Gasteiger partial charge >= 0.3 is 0 Å². The minimum Gasteiger partial charge on any atom is -0.305 e. The van der Waals surface area contributed by atoms with Crippen LogP contribution >= 0.6 is 23.1 Å². The summed E-state index contributed by atoms with van der Waals surface area (Å²) in [5.41, 5.74) is 2.52. The van der Waals surface area contributed by atoms with Crippen LogP contribution in [0.15, 0.2) is 29.2 Å². The maximum Gasteiger partial charge on any atom is 0.118 e. The molecule has 0 aliphatic carbocycles. The largest absolute Gasteiger partial charge is 0.305 e. The van der Waals surface area contributed by atoms with Gasteiger partial charge in [0, 0.05) is 15.5 Å². The molecule has 0 spiro atoms. The van der Waals surface area contributed by atoms with Crippen molar-refractivity contribution in [2.75, 3.05) is 12.8 Å². The average Bonchev–Trinajstić information content (AvgIpc) is 2.88. The van der Waals surface area contributed by atoms with Gasteiger partial charge in [-0.05, 0) is 38.4 Å². The molecule has 0 saturated carbocycles. The first-order valence-electron chi connectivity index (χ1n) is 7.09. The number of thioether (sulfide) groups is 1. The molecule has 0 fully saturated rings. The molecular weight excluding hydrogens is 284 g/mol. The van der Waals surface area contributed by atoms with Crippen molar-refractivity contribution in [2.45, 2.75) is 37.1 Å². The molecule has 4 heteroatoms. The summed E-state index contributed by atoms with van der Waals surface area (Å²) in [6.07, 6.45) is 2.11. The Hall–Kier alpha value is -0.840. The molecule has 0 radical (unpaired) electrons. The van der Waals surface area contributed by atoms with Crippen LogP contribution in [0.3, 0.4) is 0 Å². The Balaban J connectivity index is 2.17. The quantitative estimate of drug-likeness (QED) is 0.928. The van der Waals surface area contributed by atoms with E-state index in [1.165, 1.54) is 26.0 Å². The second-order valence-corrected chi connectivity index (χ2v) is 7.47. The van der Waals surface area contributed by atoms with Gasteiger partial charge in [0.2, 0.25) is 0 Å². The first-order chi connectivity index (χ1) is 9.71. The van der Waals surface area contributed by atoms with Crippen molar-refractivity contribution >= 4 is 23.1 Å². The Kier molecular flexibility index (Phi) is 3.89. The van der Waals surface area contributed by atoms with Crippen LogP contribution in [-0.2, 0) is 12.0 Å². The van der Waals surface area contributed by atoms with Crippen molar-refractivity contribution in [3.05, 3.63) is 45.4 Å². The molecule has 0 amide bonds. The Labute approximate surface area is 129 Å². The van der Waals surface area contributed by atoms with E-state index in [1.54, 1.807) is 0 Å². The number of hydrogen-bond acceptors (Lipinski definition) is 4. The minimum absolute atomic E-state index is 0.106. The van der Waals surface area contributed by atoms with Crippen molar-refractivity contribution < 1.29 is 0 Å². The number of hydrogen-bond donors (Lipinski definition) is 1. The van der Waals surface area contributed by atoms with Crippen molar-refractivity contribution in [1.82, 2.24) is 10.3 Å². The minimum atomic E-state index is -0.106. The third kappa shape index (κ3) is 2.10. The molecule has 1 aromatic heterocycles. The molecule has 1 aromatic carbocycles. The molecule has 2 aromatic rings. The maximum absolute atomic E-state index is 4.94. The van der Waals surface area contributed by atoms with Crippen LogP contribution in [0.5, 0.6) is 0 Å². The third-order valence-corrected chi connectivity index (χ3v) is 6.35. The predicted molar refractivity (Wildman–Crippen MR) is 87.9 cm³/mol. The number of fused-ring (bicyclic) bond motifs is 1. The number of aromatic nitrogens is 1. The zero-order chi connectivity index (χ0) is 14.2. The molecule has 0 bridgehead atoms. The lowest BCUT2D eigenvalue weighted by atomic mass is 9.87. The van der Waals surface area contributed by atoms with Gasteiger partial charge in [-0.2, -0.15) is 0 Å². The van der Waals surface area contributed by atoms with Crippen LogP contribution in [0.1, 0.15) is 34.5 Å². The van der Waals surface area contributed by atoms with Gasteiger partial charge in [0.05, 0.1) is 11.2 Å². The first kappa shape index (κ1) is 14.1. The average molecular weight is 304 g/mol. The normalized spacial score (nSPS) is 21.8. The molecule has 2 nitrogen and oxygen atoms in total. The van der Waals surface area contributed by atoms with E-state index >= 15 is 0 Å². The molecule has 0 saturated heterocycles. The molecule has 1 atom stereocenters. The van der Waals surface area contributed by atoms with E-state index in [0.29, 0.717) is 0 Å². The molecular formula is C16H20N2S2. The van der Waals surface area contributed by atoms with Crippen LogP contribution in [0, 0.1) is 6.92 Å². The lowest BCUT2D eigenvalue weighted by Crippen LogP contribution is -2.43. The predicted octanol–water partition coefficient (Wildman–Crippen LogP) is 3.97. The standard InChI is InChI=1S/C16H20N2S2/c1-4-13-11(2)20-15(18-13)16(17-3)9-10-19-14-8-6-5-7-12(14)16/h5-8,17H,4,9-10H2,1-3H3. The van der Waals surface area contributed by atoms with Gasteiger partial charge in [0.25, 0.3) is 0 Å². The maximum atomic E-state index is 4.94. The van der Waals surface area contributed by atoms with Gasteiger partial charge < -0.3 is 5.32 Å². The van der Waals surface area contributed by atoms with E-state index in [1.807, 2.05) is 23.1 Å². The number of aryl methyl sites for hydroxylation is 2. The number of thiazole rings is 1. The topological polar surface area (TPSA) is 24.9 Å². The van der Waals surface area contributed by atoms with Crippen LogP contribution in [0.2, 0.25) is 0 Å². The highest BCUT2D eigenvalue weighted by molar-refractivity contribution is 7.99. The van der Waals surface area contributed by atoms with Crippen LogP contribution in [0.4, 0.5) is 0 Å². The highest BCUT2D eigenvalue weighted by atomic mass is 32.2. The first-order valence-corrected chi connectivity index (χ1v) is 8.89. The molecule has 20 heavy (non-hydrogen) atoms. The van der Waals surface area contributed by atoms with Crippen LogP contribution in [-0.4, -0.2) is 17.8 Å². The lowest BCUT2D eigenvalue weighted by molar-refractivity contribution is 0.411. The summed E-state index contributed by atoms with van der Waals surface area (Å²) in [5.74, 6) is 1.14. The summed E-state index contributed by atoms with van der Waals surface area (Å²) in [6.45, 7) is 4.37. The summed E-state index contributed by atoms with van der Waals surface area (Å²) in [6, 6.07) is 8.74. The summed E-state index contributed by atoms with van der Waals surface area (Å²) in [7, 11) is 2.06. The molecule has 1 aliphatic rings. The van der Waals surface area contributed by atoms with E-state index in [0.717, 1.165) is 18.6 Å². The van der Waals surface area contributed by atoms with Gasteiger partial charge in [-0.15, -0.1) is 23.1 Å².